The molecular formula is C23H28N4O3S2. The fourth-order valence-corrected chi connectivity index (χ4v) is 5.36. The molecule has 0 amide bonds. The Hall–Kier alpha value is -2.49. The molecule has 3 aromatic rings. The lowest BCUT2D eigenvalue weighted by molar-refractivity contribution is 0.244. The van der Waals surface area contributed by atoms with Crippen LogP contribution in [0.3, 0.4) is 0 Å². The summed E-state index contributed by atoms with van der Waals surface area (Å²) in [4.78, 5) is 0. The number of hydrogen-bond acceptors (Lipinski definition) is 8. The smallest absolute Gasteiger partial charge is 0.148 e. The predicted molar refractivity (Wildman–Crippen MR) is 130 cm³/mol. The van der Waals surface area contributed by atoms with Crippen molar-refractivity contribution in [3.63, 3.8) is 0 Å². The van der Waals surface area contributed by atoms with E-state index in [0.29, 0.717) is 18.0 Å². The Morgan fingerprint density at radius 2 is 2.00 bits per heavy atom. The molecule has 9 heteroatoms. The van der Waals surface area contributed by atoms with Gasteiger partial charge in [0, 0.05) is 30.0 Å². The number of rotatable bonds is 8. The van der Waals surface area contributed by atoms with E-state index in [1.165, 1.54) is 28.7 Å². The number of aromatic nitrogens is 2. The number of nitrogen functional groups attached to an aromatic ring is 1. The third-order valence-electron chi connectivity index (χ3n) is 5.41. The van der Waals surface area contributed by atoms with E-state index in [-0.39, 0.29) is 17.9 Å². The van der Waals surface area contributed by atoms with Gasteiger partial charge < -0.3 is 15.8 Å². The van der Waals surface area contributed by atoms with Crippen molar-refractivity contribution in [2.45, 2.75) is 38.8 Å². The van der Waals surface area contributed by atoms with Gasteiger partial charge in [0.15, 0.2) is 0 Å². The number of benzene rings is 2. The van der Waals surface area contributed by atoms with Crippen molar-refractivity contribution in [2.24, 2.45) is 0 Å². The maximum absolute atomic E-state index is 11.4. The summed E-state index contributed by atoms with van der Waals surface area (Å²) >= 11 is 1.54. The van der Waals surface area contributed by atoms with E-state index in [0.717, 1.165) is 34.0 Å². The van der Waals surface area contributed by atoms with E-state index in [2.05, 4.69) is 27.6 Å². The second-order valence-corrected chi connectivity index (χ2v) is 11.6. The molecule has 32 heavy (non-hydrogen) atoms. The molecule has 1 aliphatic carbocycles. The van der Waals surface area contributed by atoms with Crippen LogP contribution in [0.5, 0.6) is 5.75 Å². The zero-order chi connectivity index (χ0) is 22.9. The third-order valence-corrected chi connectivity index (χ3v) is 7.36. The second-order valence-electron chi connectivity index (χ2n) is 8.38. The number of hydrogen-bond donors (Lipinski definition) is 2. The molecule has 3 N–H and O–H groups in total. The molecule has 0 radical (unpaired) electrons. The molecule has 1 atom stereocenters. The van der Waals surface area contributed by atoms with E-state index in [1.54, 1.807) is 0 Å². The van der Waals surface area contributed by atoms with Gasteiger partial charge in [0.25, 0.3) is 0 Å². The summed E-state index contributed by atoms with van der Waals surface area (Å²) in [6, 6.07) is 12.1. The molecule has 0 saturated heterocycles. The average molecular weight is 473 g/mol. The summed E-state index contributed by atoms with van der Waals surface area (Å²) in [5, 5.41) is 13.9. The molecule has 0 saturated carbocycles. The van der Waals surface area contributed by atoms with Crippen LogP contribution in [0.1, 0.15) is 37.4 Å². The average Bonchev–Trinajstić information content (AvgIpc) is 3.36. The molecule has 4 rings (SSSR count). The Balaban J connectivity index is 1.55. The molecule has 0 aliphatic heterocycles. The first-order chi connectivity index (χ1) is 15.2. The van der Waals surface area contributed by atoms with Gasteiger partial charge in [0.2, 0.25) is 0 Å². The van der Waals surface area contributed by atoms with Gasteiger partial charge in [0.1, 0.15) is 25.6 Å². The van der Waals surface area contributed by atoms with Crippen molar-refractivity contribution in [3.05, 3.63) is 47.5 Å². The van der Waals surface area contributed by atoms with Crippen LogP contribution < -0.4 is 15.8 Å². The summed E-state index contributed by atoms with van der Waals surface area (Å²) in [5.74, 6) is 0.811. The van der Waals surface area contributed by atoms with Gasteiger partial charge >= 0.3 is 0 Å². The first-order valence-electron chi connectivity index (χ1n) is 10.6. The number of nitrogens with one attached hydrogen (secondary N) is 1. The normalized spacial score (nSPS) is 15.8. The van der Waals surface area contributed by atoms with Crippen LogP contribution >= 0.6 is 11.3 Å². The Labute approximate surface area is 193 Å². The number of nitrogens with zero attached hydrogens (tertiary/aromatic N) is 2. The zero-order valence-electron chi connectivity index (χ0n) is 18.5. The van der Waals surface area contributed by atoms with Gasteiger partial charge in [-0.25, -0.2) is 8.42 Å². The molecule has 0 bridgehead atoms. The van der Waals surface area contributed by atoms with Gasteiger partial charge in [-0.3, -0.25) is 0 Å². The molecule has 1 heterocycles. The summed E-state index contributed by atoms with van der Waals surface area (Å²) < 4.78 is 28.6. The van der Waals surface area contributed by atoms with Crippen molar-refractivity contribution in [1.29, 1.82) is 0 Å². The molecule has 0 spiro atoms. The van der Waals surface area contributed by atoms with E-state index in [1.807, 2.05) is 38.1 Å². The summed E-state index contributed by atoms with van der Waals surface area (Å²) in [7, 11) is -2.98. The molecular weight excluding hydrogens is 444 g/mol. The van der Waals surface area contributed by atoms with Gasteiger partial charge in [-0.2, -0.15) is 0 Å². The highest BCUT2D eigenvalue weighted by atomic mass is 32.2. The first kappa shape index (κ1) is 22.7. The molecule has 2 aromatic carbocycles. The molecule has 1 aliphatic rings. The molecule has 0 fully saturated rings. The van der Waals surface area contributed by atoms with Crippen molar-refractivity contribution < 1.29 is 13.2 Å². The Morgan fingerprint density at radius 1 is 1.22 bits per heavy atom. The Kier molecular flexibility index (Phi) is 6.50. The minimum atomic E-state index is -2.98. The van der Waals surface area contributed by atoms with Crippen LogP contribution in [-0.4, -0.2) is 43.3 Å². The quantitative estimate of drug-likeness (QED) is 0.479. The van der Waals surface area contributed by atoms with Crippen LogP contribution in [0, 0.1) is 0 Å². The molecule has 170 valence electrons. The minimum absolute atomic E-state index is 0.0566. The summed E-state index contributed by atoms with van der Waals surface area (Å²) in [6.45, 7) is 4.39. The predicted octanol–water partition coefficient (Wildman–Crippen LogP) is 3.86. The highest BCUT2D eigenvalue weighted by Crippen LogP contribution is 2.40. The summed E-state index contributed by atoms with van der Waals surface area (Å²) in [5.41, 5.74) is 11.2. The largest absolute Gasteiger partial charge is 0.489 e. The standard InChI is InChI=1S/C23H28N4O3S2/c1-14(2)30-21-10-7-15(13-19(21)24)22-26-27-23(31-22)18-6-4-5-17-16(18)8-9-20(17)25-11-12-32(3,28)29/h4-7,10,13-14,20,25H,8-9,11-12,24H2,1-3H3. The van der Waals surface area contributed by atoms with E-state index < -0.39 is 9.84 Å². The Bertz CT molecular complexity index is 1220. The minimum Gasteiger partial charge on any atom is -0.489 e. The van der Waals surface area contributed by atoms with E-state index in [9.17, 15) is 8.42 Å². The number of nitrogens with two attached hydrogens (primary N) is 1. The van der Waals surface area contributed by atoms with Crippen LogP contribution in [0.25, 0.3) is 21.1 Å². The third kappa shape index (κ3) is 5.11. The number of sulfone groups is 1. The number of ether oxygens (including phenoxy) is 1. The van der Waals surface area contributed by atoms with Gasteiger partial charge in [-0.05, 0) is 56.0 Å². The number of fused-ring (bicyclic) bond motifs is 1. The van der Waals surface area contributed by atoms with Gasteiger partial charge in [-0.1, -0.05) is 29.5 Å². The second kappa shape index (κ2) is 9.17. The van der Waals surface area contributed by atoms with Crippen LogP contribution in [0.2, 0.25) is 0 Å². The monoisotopic (exact) mass is 472 g/mol. The van der Waals surface area contributed by atoms with E-state index in [4.69, 9.17) is 10.5 Å². The number of anilines is 1. The van der Waals surface area contributed by atoms with Crippen LogP contribution in [0.4, 0.5) is 5.69 Å². The lowest BCUT2D eigenvalue weighted by atomic mass is 10.0. The lowest BCUT2D eigenvalue weighted by Gasteiger charge is -2.14. The van der Waals surface area contributed by atoms with Crippen molar-refractivity contribution in [3.8, 4) is 26.9 Å². The zero-order valence-corrected chi connectivity index (χ0v) is 20.1. The summed E-state index contributed by atoms with van der Waals surface area (Å²) in [6.07, 6.45) is 3.18. The SMILES string of the molecule is CC(C)Oc1ccc(-c2nnc(-c3cccc4c3CCC4NCCS(C)(=O)=O)s2)cc1N. The fraction of sp³-hybridized carbons (Fsp3) is 0.391. The van der Waals surface area contributed by atoms with Crippen molar-refractivity contribution >= 4 is 26.9 Å². The van der Waals surface area contributed by atoms with Crippen LogP contribution in [0.15, 0.2) is 36.4 Å². The highest BCUT2D eigenvalue weighted by molar-refractivity contribution is 7.90. The van der Waals surface area contributed by atoms with Gasteiger partial charge in [0.05, 0.1) is 17.5 Å². The topological polar surface area (TPSA) is 107 Å². The van der Waals surface area contributed by atoms with Gasteiger partial charge in [-0.15, -0.1) is 10.2 Å². The van der Waals surface area contributed by atoms with Crippen LogP contribution in [-0.2, 0) is 16.3 Å². The van der Waals surface area contributed by atoms with E-state index >= 15 is 0 Å². The van der Waals surface area contributed by atoms with Crippen molar-refractivity contribution in [1.82, 2.24) is 15.5 Å². The first-order valence-corrected chi connectivity index (χ1v) is 13.5. The highest BCUT2D eigenvalue weighted by Gasteiger charge is 2.26. The molecule has 7 nitrogen and oxygen atoms in total. The molecule has 1 unspecified atom stereocenters. The molecule has 1 aromatic heterocycles. The maximum atomic E-state index is 11.4. The maximum Gasteiger partial charge on any atom is 0.148 e. The Morgan fingerprint density at radius 3 is 2.72 bits per heavy atom. The van der Waals surface area contributed by atoms with Crippen molar-refractivity contribution in [2.75, 3.05) is 24.3 Å². The lowest BCUT2D eigenvalue weighted by Crippen LogP contribution is -2.25. The fourth-order valence-electron chi connectivity index (χ4n) is 3.98.